The molecule has 1 aliphatic carbocycles. The summed E-state index contributed by atoms with van der Waals surface area (Å²) in [5.41, 5.74) is 7.76. The average Bonchev–Trinajstić information content (AvgIpc) is 2.27. The van der Waals surface area contributed by atoms with Crippen molar-refractivity contribution in [1.29, 1.82) is 0 Å². The van der Waals surface area contributed by atoms with E-state index in [0.29, 0.717) is 12.5 Å². The molecule has 94 valence electrons. The molecule has 0 bridgehead atoms. The van der Waals surface area contributed by atoms with Gasteiger partial charge in [-0.25, -0.2) is 0 Å². The number of pyridine rings is 1. The van der Waals surface area contributed by atoms with Gasteiger partial charge in [-0.05, 0) is 43.5 Å². The van der Waals surface area contributed by atoms with Crippen LogP contribution in [0, 0.1) is 5.92 Å². The first-order valence-corrected chi connectivity index (χ1v) is 6.18. The monoisotopic (exact) mass is 235 g/mol. The molecule has 4 nitrogen and oxygen atoms in total. The van der Waals surface area contributed by atoms with Crippen molar-refractivity contribution in [2.75, 3.05) is 13.6 Å². The molecule has 0 unspecified atom stereocenters. The molecule has 0 aliphatic heterocycles. The summed E-state index contributed by atoms with van der Waals surface area (Å²) in [6.07, 6.45) is 3.67. The SMILES string of the molecule is CN(Cc1ccnc(CN)c1)CC1CC(O)C1. The van der Waals surface area contributed by atoms with E-state index in [1.807, 2.05) is 12.3 Å². The lowest BCUT2D eigenvalue weighted by atomic mass is 9.82. The maximum Gasteiger partial charge on any atom is 0.0546 e. The van der Waals surface area contributed by atoms with Gasteiger partial charge in [0.1, 0.15) is 0 Å². The highest BCUT2D eigenvalue weighted by atomic mass is 16.3. The predicted molar refractivity (Wildman–Crippen MR) is 67.2 cm³/mol. The van der Waals surface area contributed by atoms with Gasteiger partial charge < -0.3 is 15.7 Å². The minimum absolute atomic E-state index is 0.0573. The highest BCUT2D eigenvalue weighted by Gasteiger charge is 2.27. The van der Waals surface area contributed by atoms with Gasteiger partial charge in [0.05, 0.1) is 11.8 Å². The minimum atomic E-state index is -0.0573. The smallest absolute Gasteiger partial charge is 0.0546 e. The van der Waals surface area contributed by atoms with Crippen LogP contribution in [0.3, 0.4) is 0 Å². The molecule has 1 aromatic rings. The van der Waals surface area contributed by atoms with Crippen LogP contribution in [0.25, 0.3) is 0 Å². The number of hydrogen-bond donors (Lipinski definition) is 2. The molecule has 1 saturated carbocycles. The number of rotatable bonds is 5. The number of aromatic nitrogens is 1. The van der Waals surface area contributed by atoms with E-state index in [4.69, 9.17) is 5.73 Å². The molecule has 0 radical (unpaired) electrons. The Hall–Kier alpha value is -0.970. The van der Waals surface area contributed by atoms with Crippen LogP contribution < -0.4 is 5.73 Å². The second-order valence-electron chi connectivity index (χ2n) is 5.05. The van der Waals surface area contributed by atoms with Crippen molar-refractivity contribution in [3.05, 3.63) is 29.6 Å². The lowest BCUT2D eigenvalue weighted by Crippen LogP contribution is -2.36. The Kier molecular flexibility index (Phi) is 4.10. The first-order valence-electron chi connectivity index (χ1n) is 6.18. The summed E-state index contributed by atoms with van der Waals surface area (Å²) >= 11 is 0. The molecular weight excluding hydrogens is 214 g/mol. The van der Waals surface area contributed by atoms with Crippen molar-refractivity contribution >= 4 is 0 Å². The Morgan fingerprint density at radius 1 is 1.53 bits per heavy atom. The van der Waals surface area contributed by atoms with Crippen LogP contribution in [0.5, 0.6) is 0 Å². The topological polar surface area (TPSA) is 62.4 Å². The second kappa shape index (κ2) is 5.58. The molecule has 1 aliphatic rings. The fourth-order valence-electron chi connectivity index (χ4n) is 2.40. The van der Waals surface area contributed by atoms with Crippen molar-refractivity contribution < 1.29 is 5.11 Å². The van der Waals surface area contributed by atoms with E-state index in [2.05, 4.69) is 23.0 Å². The van der Waals surface area contributed by atoms with Crippen molar-refractivity contribution in [1.82, 2.24) is 9.88 Å². The van der Waals surface area contributed by atoms with Gasteiger partial charge in [-0.15, -0.1) is 0 Å². The summed E-state index contributed by atoms with van der Waals surface area (Å²) in [6.45, 7) is 2.46. The van der Waals surface area contributed by atoms with E-state index in [1.54, 1.807) is 0 Å². The highest BCUT2D eigenvalue weighted by molar-refractivity contribution is 5.16. The van der Waals surface area contributed by atoms with Crippen LogP contribution in [-0.2, 0) is 13.1 Å². The summed E-state index contributed by atoms with van der Waals surface area (Å²) in [7, 11) is 2.12. The highest BCUT2D eigenvalue weighted by Crippen LogP contribution is 2.27. The maximum atomic E-state index is 9.25. The van der Waals surface area contributed by atoms with E-state index in [0.717, 1.165) is 31.6 Å². The van der Waals surface area contributed by atoms with Crippen LogP contribution in [0.1, 0.15) is 24.1 Å². The molecule has 1 fully saturated rings. The van der Waals surface area contributed by atoms with E-state index in [-0.39, 0.29) is 6.10 Å². The third-order valence-corrected chi connectivity index (χ3v) is 3.32. The zero-order valence-corrected chi connectivity index (χ0v) is 10.3. The number of nitrogens with zero attached hydrogens (tertiary/aromatic N) is 2. The summed E-state index contributed by atoms with van der Waals surface area (Å²) in [5.74, 6) is 0.658. The standard InChI is InChI=1S/C13H21N3O/c1-16(9-11-5-13(17)6-11)8-10-2-3-15-12(4-10)7-14/h2-4,11,13,17H,5-9,14H2,1H3. The number of aliphatic hydroxyl groups excluding tert-OH is 1. The molecule has 1 heterocycles. The van der Waals surface area contributed by atoms with Crippen LogP contribution in [0.2, 0.25) is 0 Å². The first kappa shape index (κ1) is 12.5. The summed E-state index contributed by atoms with van der Waals surface area (Å²) in [4.78, 5) is 6.48. The molecule has 0 atom stereocenters. The van der Waals surface area contributed by atoms with Crippen LogP contribution in [0.15, 0.2) is 18.3 Å². The van der Waals surface area contributed by atoms with Crippen LogP contribution >= 0.6 is 0 Å². The quantitative estimate of drug-likeness (QED) is 0.790. The lowest BCUT2D eigenvalue weighted by molar-refractivity contribution is 0.0274. The van der Waals surface area contributed by atoms with E-state index >= 15 is 0 Å². The van der Waals surface area contributed by atoms with Crippen molar-refractivity contribution in [3.8, 4) is 0 Å². The van der Waals surface area contributed by atoms with Crippen LogP contribution in [-0.4, -0.2) is 34.7 Å². The largest absolute Gasteiger partial charge is 0.393 e. The third-order valence-electron chi connectivity index (χ3n) is 3.32. The summed E-state index contributed by atoms with van der Waals surface area (Å²) in [5, 5.41) is 9.25. The molecule has 0 saturated heterocycles. The summed E-state index contributed by atoms with van der Waals surface area (Å²) < 4.78 is 0. The molecule has 17 heavy (non-hydrogen) atoms. The molecule has 4 heteroatoms. The van der Waals surface area contributed by atoms with E-state index in [1.165, 1.54) is 5.56 Å². The fraction of sp³-hybridized carbons (Fsp3) is 0.615. The molecule has 0 amide bonds. The van der Waals surface area contributed by atoms with Gasteiger partial charge in [-0.2, -0.15) is 0 Å². The molecule has 0 aromatic carbocycles. The van der Waals surface area contributed by atoms with Crippen LogP contribution in [0.4, 0.5) is 0 Å². The molecule has 0 spiro atoms. The fourth-order valence-corrected chi connectivity index (χ4v) is 2.40. The molecule has 1 aromatic heterocycles. The van der Waals surface area contributed by atoms with Gasteiger partial charge in [-0.1, -0.05) is 0 Å². The maximum absolute atomic E-state index is 9.25. The Labute approximate surface area is 102 Å². The molecule has 3 N–H and O–H groups in total. The summed E-state index contributed by atoms with van der Waals surface area (Å²) in [6, 6.07) is 4.09. The lowest BCUT2D eigenvalue weighted by Gasteiger charge is -2.34. The van der Waals surface area contributed by atoms with Gasteiger partial charge >= 0.3 is 0 Å². The minimum Gasteiger partial charge on any atom is -0.393 e. The van der Waals surface area contributed by atoms with E-state index in [9.17, 15) is 5.11 Å². The molecule has 2 rings (SSSR count). The zero-order valence-electron chi connectivity index (χ0n) is 10.3. The third kappa shape index (κ3) is 3.49. The van der Waals surface area contributed by atoms with Gasteiger partial charge in [0.15, 0.2) is 0 Å². The van der Waals surface area contributed by atoms with Crippen molar-refractivity contribution in [2.24, 2.45) is 11.7 Å². The van der Waals surface area contributed by atoms with Gasteiger partial charge in [0.2, 0.25) is 0 Å². The molecular formula is C13H21N3O. The number of aliphatic hydroxyl groups is 1. The number of nitrogens with two attached hydrogens (primary N) is 1. The van der Waals surface area contributed by atoms with Crippen molar-refractivity contribution in [3.63, 3.8) is 0 Å². The predicted octanol–water partition coefficient (Wildman–Crippen LogP) is 0.743. The normalized spacial score (nSPS) is 23.8. The van der Waals surface area contributed by atoms with Gasteiger partial charge in [0, 0.05) is 25.8 Å². The van der Waals surface area contributed by atoms with E-state index < -0.39 is 0 Å². The zero-order chi connectivity index (χ0) is 12.3. The number of hydrogen-bond acceptors (Lipinski definition) is 4. The average molecular weight is 235 g/mol. The second-order valence-corrected chi connectivity index (χ2v) is 5.05. The van der Waals surface area contributed by atoms with Crippen molar-refractivity contribution in [2.45, 2.75) is 32.0 Å². The Morgan fingerprint density at radius 2 is 2.29 bits per heavy atom. The first-order chi connectivity index (χ1) is 8.17. The van der Waals surface area contributed by atoms with Gasteiger partial charge in [0.25, 0.3) is 0 Å². The Morgan fingerprint density at radius 3 is 2.94 bits per heavy atom. The Balaban J connectivity index is 1.82. The Bertz CT molecular complexity index is 363. The van der Waals surface area contributed by atoms with Gasteiger partial charge in [-0.3, -0.25) is 4.98 Å².